The van der Waals surface area contributed by atoms with Gasteiger partial charge in [0.25, 0.3) is 0 Å². The van der Waals surface area contributed by atoms with E-state index in [0.717, 1.165) is 12.0 Å². The molecule has 0 unspecified atom stereocenters. The number of hydrogen-bond donors (Lipinski definition) is 0. The molecule has 1 nitrogen and oxygen atoms in total. The molecule has 0 saturated carbocycles. The predicted octanol–water partition coefficient (Wildman–Crippen LogP) is 5.00. The van der Waals surface area contributed by atoms with Crippen LogP contribution in [0.1, 0.15) is 69.4 Å². The molecule has 0 amide bonds. The van der Waals surface area contributed by atoms with E-state index in [9.17, 15) is 4.79 Å². The van der Waals surface area contributed by atoms with Crippen LogP contribution < -0.4 is 0 Å². The average Bonchev–Trinajstić information content (AvgIpc) is 2.26. The van der Waals surface area contributed by atoms with Crippen LogP contribution in [-0.2, 0) is 5.41 Å². The standard InChI is InChI=1S/C18H24O/c1-12(19)13-7-8-16-14(11-13)15(17(2,3)4)9-10-18(16,5)6/h7-9,11H,10H2,1-6H3. The minimum Gasteiger partial charge on any atom is -0.295 e. The fourth-order valence-corrected chi connectivity index (χ4v) is 2.86. The first kappa shape index (κ1) is 14.0. The van der Waals surface area contributed by atoms with Gasteiger partial charge >= 0.3 is 0 Å². The maximum atomic E-state index is 11.6. The smallest absolute Gasteiger partial charge is 0.159 e. The fourth-order valence-electron chi connectivity index (χ4n) is 2.86. The third-order valence-corrected chi connectivity index (χ3v) is 4.07. The van der Waals surface area contributed by atoms with Gasteiger partial charge in [0.1, 0.15) is 0 Å². The first-order valence-corrected chi connectivity index (χ1v) is 6.99. The first-order chi connectivity index (χ1) is 8.63. The number of carbonyl (C=O) groups is 1. The summed E-state index contributed by atoms with van der Waals surface area (Å²) in [6.07, 6.45) is 3.41. The van der Waals surface area contributed by atoms with Crippen LogP contribution in [0.2, 0.25) is 0 Å². The van der Waals surface area contributed by atoms with Gasteiger partial charge < -0.3 is 0 Å². The lowest BCUT2D eigenvalue weighted by Gasteiger charge is -2.36. The summed E-state index contributed by atoms with van der Waals surface area (Å²) < 4.78 is 0. The highest BCUT2D eigenvalue weighted by Crippen LogP contribution is 2.45. The summed E-state index contributed by atoms with van der Waals surface area (Å²) in [5.74, 6) is 0.138. The Balaban J connectivity index is 2.67. The zero-order chi connectivity index (χ0) is 14.4. The molecule has 1 aromatic rings. The molecule has 1 aliphatic carbocycles. The number of hydrogen-bond acceptors (Lipinski definition) is 1. The van der Waals surface area contributed by atoms with Crippen molar-refractivity contribution in [2.75, 3.05) is 0 Å². The molecule has 0 bridgehead atoms. The van der Waals surface area contributed by atoms with E-state index in [1.54, 1.807) is 6.92 Å². The van der Waals surface area contributed by atoms with Crippen molar-refractivity contribution < 1.29 is 4.79 Å². The quantitative estimate of drug-likeness (QED) is 0.646. The summed E-state index contributed by atoms with van der Waals surface area (Å²) in [7, 11) is 0. The Bertz CT molecular complexity index is 554. The van der Waals surface area contributed by atoms with Gasteiger partial charge in [0.15, 0.2) is 5.78 Å². The summed E-state index contributed by atoms with van der Waals surface area (Å²) in [6.45, 7) is 12.9. The van der Waals surface area contributed by atoms with Crippen LogP contribution >= 0.6 is 0 Å². The monoisotopic (exact) mass is 256 g/mol. The van der Waals surface area contributed by atoms with Crippen molar-refractivity contribution in [1.82, 2.24) is 0 Å². The zero-order valence-electron chi connectivity index (χ0n) is 12.9. The molecule has 0 saturated heterocycles. The van der Waals surface area contributed by atoms with Crippen molar-refractivity contribution in [2.45, 2.75) is 53.4 Å². The third-order valence-electron chi connectivity index (χ3n) is 4.07. The van der Waals surface area contributed by atoms with Crippen molar-refractivity contribution >= 4 is 11.4 Å². The summed E-state index contributed by atoms with van der Waals surface area (Å²) >= 11 is 0. The van der Waals surface area contributed by atoms with Crippen LogP contribution in [0.4, 0.5) is 0 Å². The van der Waals surface area contributed by atoms with E-state index in [-0.39, 0.29) is 16.6 Å². The molecule has 1 heteroatoms. The number of ketones is 1. The Morgan fingerprint density at radius 1 is 1.21 bits per heavy atom. The number of allylic oxidation sites excluding steroid dienone is 2. The zero-order valence-corrected chi connectivity index (χ0v) is 12.9. The lowest BCUT2D eigenvalue weighted by Crippen LogP contribution is -2.25. The number of rotatable bonds is 1. The van der Waals surface area contributed by atoms with Gasteiger partial charge in [0.2, 0.25) is 0 Å². The van der Waals surface area contributed by atoms with Gasteiger partial charge in [-0.3, -0.25) is 4.79 Å². The maximum absolute atomic E-state index is 11.6. The molecule has 1 aliphatic rings. The van der Waals surface area contributed by atoms with Crippen molar-refractivity contribution in [1.29, 1.82) is 0 Å². The van der Waals surface area contributed by atoms with Crippen LogP contribution in [0.3, 0.4) is 0 Å². The van der Waals surface area contributed by atoms with Crippen LogP contribution in [0.15, 0.2) is 24.3 Å². The second-order valence-electron chi connectivity index (χ2n) is 7.27. The van der Waals surface area contributed by atoms with Crippen molar-refractivity contribution in [3.05, 3.63) is 41.0 Å². The predicted molar refractivity (Wildman–Crippen MR) is 81.5 cm³/mol. The minimum absolute atomic E-state index is 0.112. The molecule has 0 spiro atoms. The van der Waals surface area contributed by atoms with Crippen molar-refractivity contribution in [3.63, 3.8) is 0 Å². The topological polar surface area (TPSA) is 17.1 Å². The van der Waals surface area contributed by atoms with Gasteiger partial charge in [-0.05, 0) is 46.9 Å². The number of carbonyl (C=O) groups excluding carboxylic acids is 1. The highest BCUT2D eigenvalue weighted by atomic mass is 16.1. The second kappa shape index (κ2) is 4.33. The van der Waals surface area contributed by atoms with Crippen LogP contribution in [0.5, 0.6) is 0 Å². The minimum atomic E-state index is 0.112. The highest BCUT2D eigenvalue weighted by Gasteiger charge is 2.32. The van der Waals surface area contributed by atoms with E-state index in [0.29, 0.717) is 0 Å². The summed E-state index contributed by atoms with van der Waals surface area (Å²) in [6, 6.07) is 6.19. The van der Waals surface area contributed by atoms with E-state index in [1.807, 2.05) is 6.07 Å². The number of fused-ring (bicyclic) bond motifs is 1. The Kier molecular flexibility index (Phi) is 3.20. The average molecular weight is 256 g/mol. The maximum Gasteiger partial charge on any atom is 0.159 e. The van der Waals surface area contributed by atoms with Crippen LogP contribution in [0.25, 0.3) is 5.57 Å². The molecule has 1 aromatic carbocycles. The second-order valence-corrected chi connectivity index (χ2v) is 7.27. The van der Waals surface area contributed by atoms with Crippen molar-refractivity contribution in [2.24, 2.45) is 5.41 Å². The van der Waals surface area contributed by atoms with Gasteiger partial charge in [0, 0.05) is 5.56 Å². The number of Topliss-reactive ketones (excluding diaryl/α,β-unsaturated/α-hetero) is 1. The SMILES string of the molecule is CC(=O)c1ccc2c(c1)C(C(C)(C)C)=CCC2(C)C. The molecule has 0 fully saturated rings. The summed E-state index contributed by atoms with van der Waals surface area (Å²) in [4.78, 5) is 11.6. The Hall–Kier alpha value is -1.37. The molecule has 0 N–H and O–H groups in total. The molecule has 0 aliphatic heterocycles. The molecule has 0 heterocycles. The Morgan fingerprint density at radius 2 is 1.84 bits per heavy atom. The van der Waals surface area contributed by atoms with E-state index in [4.69, 9.17) is 0 Å². The summed E-state index contributed by atoms with van der Waals surface area (Å²) in [5.41, 5.74) is 5.07. The largest absolute Gasteiger partial charge is 0.295 e. The molecule has 2 rings (SSSR count). The lowest BCUT2D eigenvalue weighted by molar-refractivity contribution is 0.101. The Morgan fingerprint density at radius 3 is 2.37 bits per heavy atom. The van der Waals surface area contributed by atoms with Crippen molar-refractivity contribution in [3.8, 4) is 0 Å². The van der Waals surface area contributed by atoms with Crippen LogP contribution in [0, 0.1) is 5.41 Å². The highest BCUT2D eigenvalue weighted by molar-refractivity contribution is 5.95. The molecule has 0 radical (unpaired) electrons. The van der Waals surface area contributed by atoms with Gasteiger partial charge in [0.05, 0.1) is 0 Å². The van der Waals surface area contributed by atoms with E-state index in [2.05, 4.69) is 52.8 Å². The van der Waals surface area contributed by atoms with E-state index >= 15 is 0 Å². The number of benzene rings is 1. The molecular weight excluding hydrogens is 232 g/mol. The van der Waals surface area contributed by atoms with Crippen LogP contribution in [-0.4, -0.2) is 5.78 Å². The van der Waals surface area contributed by atoms with Gasteiger partial charge in [-0.15, -0.1) is 0 Å². The molecule has 0 atom stereocenters. The molecular formula is C18H24O. The van der Waals surface area contributed by atoms with Gasteiger partial charge in [-0.2, -0.15) is 0 Å². The first-order valence-electron chi connectivity index (χ1n) is 6.99. The normalized spacial score (nSPS) is 17.7. The van der Waals surface area contributed by atoms with E-state index < -0.39 is 0 Å². The molecule has 0 aromatic heterocycles. The van der Waals surface area contributed by atoms with Gasteiger partial charge in [-0.1, -0.05) is 52.8 Å². The molecule has 19 heavy (non-hydrogen) atoms. The van der Waals surface area contributed by atoms with Gasteiger partial charge in [-0.25, -0.2) is 0 Å². The fraction of sp³-hybridized carbons (Fsp3) is 0.500. The van der Waals surface area contributed by atoms with E-state index in [1.165, 1.54) is 16.7 Å². The summed E-state index contributed by atoms with van der Waals surface area (Å²) in [5, 5.41) is 0. The third kappa shape index (κ3) is 2.51. The Labute approximate surface area is 116 Å². The molecule has 102 valence electrons. The lowest BCUT2D eigenvalue weighted by atomic mass is 9.68.